The fourth-order valence-corrected chi connectivity index (χ4v) is 14.7. The zero-order chi connectivity index (χ0) is 69.3. The Balaban J connectivity index is 0.000000534. The SMILES string of the molecule is CC(C)(C)NS(=O)(=O)c1ccccn1.Cc1ccc(S(=O)(=O)NC(C)(C)C)cn1.Cc1ccc(S(=O)(=O)NC(C)(C)C)cn1.Cc1ccc(S(=O)(=O)NC(C)(C)C)cn1.Cc1ccc(S(=O)(=O)NC(C)(C)C)nc1.Cc1cncc(S(=O)(=O)NC(C)(C)C)c1. The first-order valence-electron chi connectivity index (χ1n) is 27.6. The monoisotopic (exact) mass is 1350 g/mol. The van der Waals surface area contributed by atoms with E-state index in [4.69, 9.17) is 0 Å². The van der Waals surface area contributed by atoms with Crippen molar-refractivity contribution in [1.82, 2.24) is 58.2 Å². The number of aryl methyl sites for hydroxylation is 5. The molecule has 498 valence electrons. The van der Waals surface area contributed by atoms with Gasteiger partial charge in [-0.05, 0) is 231 Å². The van der Waals surface area contributed by atoms with Gasteiger partial charge in [0.25, 0.3) is 20.0 Å². The molecule has 0 spiro atoms. The molecule has 0 aliphatic heterocycles. The molecule has 6 N–H and O–H groups in total. The molecule has 0 aromatic carbocycles. The third kappa shape index (κ3) is 34.4. The van der Waals surface area contributed by atoms with E-state index in [1.54, 1.807) is 191 Å². The molecule has 0 saturated heterocycles. The van der Waals surface area contributed by atoms with E-state index in [1.165, 1.54) is 49.3 Å². The number of nitrogens with one attached hydrogen (secondary N) is 6. The highest BCUT2D eigenvalue weighted by atomic mass is 32.2. The molecular formula is C59H94N12O12S6. The minimum atomic E-state index is -3.50. The molecule has 0 amide bonds. The van der Waals surface area contributed by atoms with Gasteiger partial charge >= 0.3 is 0 Å². The quantitative estimate of drug-likeness (QED) is 0.0668. The Morgan fingerprint density at radius 2 is 0.584 bits per heavy atom. The number of aromatic nitrogens is 6. The van der Waals surface area contributed by atoms with Crippen LogP contribution in [0, 0.1) is 34.6 Å². The average Bonchev–Trinajstić information content (AvgIpc) is 2.46. The highest BCUT2D eigenvalue weighted by Gasteiger charge is 2.27. The van der Waals surface area contributed by atoms with Crippen LogP contribution >= 0.6 is 0 Å². The largest absolute Gasteiger partial charge is 0.263 e. The number of sulfonamides is 6. The van der Waals surface area contributed by atoms with E-state index >= 15 is 0 Å². The number of pyridine rings is 6. The van der Waals surface area contributed by atoms with Gasteiger partial charge in [0.1, 0.15) is 19.6 Å². The normalized spacial score (nSPS) is 12.8. The fourth-order valence-electron chi connectivity index (χ4n) is 6.39. The predicted molar refractivity (Wildman–Crippen MR) is 350 cm³/mol. The lowest BCUT2D eigenvalue weighted by Gasteiger charge is -2.20. The van der Waals surface area contributed by atoms with Crippen molar-refractivity contribution >= 4 is 60.1 Å². The van der Waals surface area contributed by atoms with Crippen molar-refractivity contribution in [3.63, 3.8) is 0 Å². The van der Waals surface area contributed by atoms with Gasteiger partial charge in [0.15, 0.2) is 10.1 Å². The minimum Gasteiger partial charge on any atom is -0.263 e. The maximum absolute atomic E-state index is 11.8. The van der Waals surface area contributed by atoms with Crippen molar-refractivity contribution in [2.75, 3.05) is 0 Å². The summed E-state index contributed by atoms with van der Waals surface area (Å²) >= 11 is 0. The molecule has 0 aliphatic carbocycles. The van der Waals surface area contributed by atoms with Gasteiger partial charge in [0.2, 0.25) is 40.1 Å². The molecule has 6 rings (SSSR count). The lowest BCUT2D eigenvalue weighted by Crippen LogP contribution is -2.40. The van der Waals surface area contributed by atoms with Crippen molar-refractivity contribution < 1.29 is 50.5 Å². The molecule has 0 unspecified atom stereocenters. The van der Waals surface area contributed by atoms with Crippen LogP contribution in [-0.2, 0) is 60.1 Å². The minimum absolute atomic E-state index is 0.0509. The molecule has 6 aromatic rings. The maximum Gasteiger partial charge on any atom is 0.258 e. The van der Waals surface area contributed by atoms with Crippen molar-refractivity contribution in [1.29, 1.82) is 0 Å². The topological polar surface area (TPSA) is 354 Å². The average molecular weight is 1360 g/mol. The van der Waals surface area contributed by atoms with E-state index in [-0.39, 0.29) is 29.6 Å². The van der Waals surface area contributed by atoms with E-state index < -0.39 is 93.4 Å². The molecule has 0 saturated carbocycles. The zero-order valence-electron chi connectivity index (χ0n) is 55.5. The van der Waals surface area contributed by atoms with Gasteiger partial charge in [-0.3, -0.25) is 19.9 Å². The first kappa shape index (κ1) is 81.4. The van der Waals surface area contributed by atoms with E-state index in [0.29, 0.717) is 0 Å². The Kier molecular flexibility index (Phi) is 29.3. The van der Waals surface area contributed by atoms with Crippen molar-refractivity contribution in [3.05, 3.63) is 144 Å². The van der Waals surface area contributed by atoms with Gasteiger partial charge in [-0.25, -0.2) is 88.8 Å². The van der Waals surface area contributed by atoms with Crippen LogP contribution in [0.15, 0.2) is 146 Å². The summed E-state index contributed by atoms with van der Waals surface area (Å²) in [5.41, 5.74) is 1.23. The van der Waals surface area contributed by atoms with Crippen LogP contribution in [-0.4, -0.2) is 114 Å². The Bertz CT molecular complexity index is 3550. The summed E-state index contributed by atoms with van der Waals surface area (Å²) in [6.45, 7) is 41.4. The maximum atomic E-state index is 11.8. The zero-order valence-corrected chi connectivity index (χ0v) is 60.4. The first-order valence-corrected chi connectivity index (χ1v) is 36.5. The van der Waals surface area contributed by atoms with Crippen LogP contribution in [0.1, 0.15) is 153 Å². The summed E-state index contributed by atoms with van der Waals surface area (Å²) in [5, 5.41) is 0.109. The molecule has 0 fully saturated rings. The van der Waals surface area contributed by atoms with E-state index in [9.17, 15) is 50.5 Å². The van der Waals surface area contributed by atoms with Gasteiger partial charge in [-0.1, -0.05) is 12.1 Å². The number of hydrogen-bond acceptors (Lipinski definition) is 18. The van der Waals surface area contributed by atoms with Crippen LogP contribution in [0.4, 0.5) is 0 Å². The molecule has 89 heavy (non-hydrogen) atoms. The van der Waals surface area contributed by atoms with Crippen molar-refractivity contribution in [2.24, 2.45) is 0 Å². The van der Waals surface area contributed by atoms with Crippen molar-refractivity contribution in [2.45, 2.75) is 222 Å². The Hall–Kier alpha value is -5.64. The summed E-state index contributed by atoms with van der Waals surface area (Å²) in [7, 11) is -20.8. The smallest absolute Gasteiger partial charge is 0.258 e. The Morgan fingerprint density at radius 1 is 0.281 bits per heavy atom. The number of nitrogens with zero attached hydrogens (tertiary/aromatic N) is 6. The summed E-state index contributed by atoms with van der Waals surface area (Å²) in [6, 6.07) is 19.3. The van der Waals surface area contributed by atoms with E-state index in [0.717, 1.165) is 28.2 Å². The predicted octanol–water partition coefficient (Wildman–Crippen LogP) is 8.49. The van der Waals surface area contributed by atoms with Crippen LogP contribution in [0.2, 0.25) is 0 Å². The second kappa shape index (κ2) is 32.1. The Labute approximate surface area is 532 Å². The fraction of sp³-hybridized carbons (Fsp3) is 0.492. The lowest BCUT2D eigenvalue weighted by atomic mass is 10.1. The third-order valence-electron chi connectivity index (χ3n) is 9.46. The van der Waals surface area contributed by atoms with E-state index in [1.807, 2.05) is 34.6 Å². The van der Waals surface area contributed by atoms with Crippen LogP contribution in [0.5, 0.6) is 0 Å². The molecule has 0 radical (unpaired) electrons. The van der Waals surface area contributed by atoms with E-state index in [2.05, 4.69) is 58.2 Å². The second-order valence-corrected chi connectivity index (χ2v) is 36.6. The lowest BCUT2D eigenvalue weighted by molar-refractivity contribution is 0.488. The van der Waals surface area contributed by atoms with Gasteiger partial charge in [-0.2, -0.15) is 0 Å². The van der Waals surface area contributed by atoms with Crippen molar-refractivity contribution in [3.8, 4) is 0 Å². The molecular weight excluding hydrogens is 1260 g/mol. The number of rotatable bonds is 12. The second-order valence-electron chi connectivity index (χ2n) is 26.6. The molecule has 6 heterocycles. The van der Waals surface area contributed by atoms with Crippen LogP contribution in [0.25, 0.3) is 0 Å². The first-order chi connectivity index (χ1) is 39.8. The highest BCUT2D eigenvalue weighted by Crippen LogP contribution is 2.17. The molecule has 24 nitrogen and oxygen atoms in total. The van der Waals surface area contributed by atoms with Gasteiger partial charge in [-0.15, -0.1) is 0 Å². The third-order valence-corrected chi connectivity index (χ3v) is 19.8. The van der Waals surface area contributed by atoms with Crippen LogP contribution in [0.3, 0.4) is 0 Å². The summed E-state index contributed by atoms with van der Waals surface area (Å²) < 4.78 is 157. The molecule has 0 bridgehead atoms. The van der Waals surface area contributed by atoms with Gasteiger partial charge < -0.3 is 0 Å². The van der Waals surface area contributed by atoms with Crippen LogP contribution < -0.4 is 28.3 Å². The van der Waals surface area contributed by atoms with Gasteiger partial charge in [0, 0.05) is 93.7 Å². The molecule has 30 heteroatoms. The Morgan fingerprint density at radius 3 is 0.831 bits per heavy atom. The molecule has 0 aliphatic rings. The summed E-state index contributed by atoms with van der Waals surface area (Å²) in [4.78, 5) is 24.2. The molecule has 0 atom stereocenters. The standard InChI is InChI=1S/5C10H16N2O2S.C9H14N2O2S/c1-8-5-9(7-11-6-8)15(13,14)12-10(2,3)4;3*1-8-5-6-9(7-11-8)15(13,14)12-10(2,3)4;1-8-5-6-9(11-7-8)15(13,14)12-10(2,3)4;1-9(2,3)11-14(12,13)8-6-4-5-7-10-8/h5*5-7,12H,1-4H3;4-7,11H,1-3H3. The molecule has 6 aromatic heterocycles. The summed E-state index contributed by atoms with van der Waals surface area (Å²) in [5.74, 6) is 0. The number of hydrogen-bond donors (Lipinski definition) is 6. The van der Waals surface area contributed by atoms with Gasteiger partial charge in [0.05, 0.1) is 0 Å². The highest BCUT2D eigenvalue weighted by molar-refractivity contribution is 7.91. The summed E-state index contributed by atoms with van der Waals surface area (Å²) in [6.07, 6.45) is 10.1.